The second-order valence-corrected chi connectivity index (χ2v) is 7.82. The zero-order valence-electron chi connectivity index (χ0n) is 16.4. The summed E-state index contributed by atoms with van der Waals surface area (Å²) in [4.78, 5) is 22.0. The number of benzene rings is 1. The van der Waals surface area contributed by atoms with Crippen LogP contribution in [0.3, 0.4) is 0 Å². The number of aromatic nitrogens is 3. The number of rotatable bonds is 7. The zero-order chi connectivity index (χ0) is 19.6. The third kappa shape index (κ3) is 4.25. The number of aryl methyl sites for hydroxylation is 1. The summed E-state index contributed by atoms with van der Waals surface area (Å²) in [5.41, 5.74) is 5.22. The molecule has 0 aliphatic heterocycles. The van der Waals surface area contributed by atoms with Crippen molar-refractivity contribution in [3.63, 3.8) is 0 Å². The van der Waals surface area contributed by atoms with E-state index in [1.807, 2.05) is 50.6 Å². The first-order valence-electron chi connectivity index (χ1n) is 9.45. The normalized spacial score (nSPS) is 12.7. The molecule has 0 bridgehead atoms. The van der Waals surface area contributed by atoms with Gasteiger partial charge in [-0.1, -0.05) is 26.8 Å². The average Bonchev–Trinajstić information content (AvgIpc) is 3.03. The second kappa shape index (κ2) is 8.01. The number of pyridine rings is 1. The van der Waals surface area contributed by atoms with Crippen molar-refractivity contribution in [2.75, 3.05) is 6.61 Å². The summed E-state index contributed by atoms with van der Waals surface area (Å²) in [5.74, 6) is 0.441. The van der Waals surface area contributed by atoms with Crippen LogP contribution in [-0.2, 0) is 6.54 Å². The van der Waals surface area contributed by atoms with Crippen LogP contribution in [-0.4, -0.2) is 32.0 Å². The van der Waals surface area contributed by atoms with E-state index in [0.29, 0.717) is 17.9 Å². The lowest BCUT2D eigenvalue weighted by Gasteiger charge is -2.12. The summed E-state index contributed by atoms with van der Waals surface area (Å²) in [7, 11) is 0. The Morgan fingerprint density at radius 1 is 1.19 bits per heavy atom. The second-order valence-electron chi connectivity index (χ2n) is 7.82. The molecule has 142 valence electrons. The highest BCUT2D eigenvalue weighted by molar-refractivity contribution is 6.03. The molecule has 0 saturated heterocycles. The molecule has 2 heterocycles. The fourth-order valence-electron chi connectivity index (χ4n) is 3.18. The van der Waals surface area contributed by atoms with Gasteiger partial charge in [0.15, 0.2) is 5.78 Å². The molecule has 0 spiro atoms. The molecule has 0 fully saturated rings. The first-order chi connectivity index (χ1) is 12.9. The zero-order valence-corrected chi connectivity index (χ0v) is 16.4. The van der Waals surface area contributed by atoms with Gasteiger partial charge < -0.3 is 9.67 Å². The van der Waals surface area contributed by atoms with Crippen molar-refractivity contribution >= 4 is 16.8 Å². The molecule has 3 aromatic rings. The molecule has 0 unspecified atom stereocenters. The minimum Gasteiger partial charge on any atom is -0.396 e. The van der Waals surface area contributed by atoms with Crippen molar-refractivity contribution < 1.29 is 9.90 Å². The van der Waals surface area contributed by atoms with Crippen LogP contribution in [0.4, 0.5) is 0 Å². The number of aliphatic hydroxyl groups excluding tert-OH is 1. The summed E-state index contributed by atoms with van der Waals surface area (Å²) in [6.45, 7) is 9.04. The van der Waals surface area contributed by atoms with Crippen LogP contribution in [0.2, 0.25) is 0 Å². The van der Waals surface area contributed by atoms with Gasteiger partial charge in [0.05, 0.1) is 23.1 Å². The Morgan fingerprint density at radius 2 is 1.96 bits per heavy atom. The number of carbonyl (C=O) groups excluding carboxylic acids is 1. The third-order valence-electron chi connectivity index (χ3n) is 4.64. The highest BCUT2D eigenvalue weighted by Crippen LogP contribution is 2.29. The van der Waals surface area contributed by atoms with Crippen molar-refractivity contribution in [3.05, 3.63) is 47.9 Å². The Balaban J connectivity index is 2.15. The minimum atomic E-state index is -0.0604. The Labute approximate surface area is 160 Å². The first kappa shape index (κ1) is 19.2. The van der Waals surface area contributed by atoms with Crippen molar-refractivity contribution in [2.24, 2.45) is 11.8 Å². The lowest BCUT2D eigenvalue weighted by molar-refractivity contribution is 0.0943. The quantitative estimate of drug-likeness (QED) is 0.635. The van der Waals surface area contributed by atoms with Gasteiger partial charge in [0.1, 0.15) is 0 Å². The number of Topliss-reactive ketones (excluding diaryl/α,β-unsaturated/α-hetero) is 1. The first-order valence-corrected chi connectivity index (χ1v) is 9.45. The van der Waals surface area contributed by atoms with Crippen LogP contribution in [0.15, 0.2) is 36.8 Å². The molecule has 1 aromatic carbocycles. The number of carbonyl (C=O) groups is 1. The standard InChI is InChI=1S/C22H27N3O2/c1-14(2)11-25-13-24-22-18(19-6-5-15(3)10-23-19)8-17(9-20(22)25)21(27)7-16(4)12-26/h5-6,8-10,13-14,16,26H,7,11-12H2,1-4H3/t16-/m1/s1. The maximum absolute atomic E-state index is 12.8. The largest absolute Gasteiger partial charge is 0.396 e. The van der Waals surface area contributed by atoms with Gasteiger partial charge in [-0.15, -0.1) is 0 Å². The van der Waals surface area contributed by atoms with Crippen molar-refractivity contribution in [2.45, 2.75) is 40.7 Å². The monoisotopic (exact) mass is 365 g/mol. The van der Waals surface area contributed by atoms with Gasteiger partial charge in [-0.05, 0) is 42.5 Å². The molecular weight excluding hydrogens is 338 g/mol. The van der Waals surface area contributed by atoms with E-state index in [0.717, 1.165) is 34.4 Å². The van der Waals surface area contributed by atoms with Gasteiger partial charge in [-0.2, -0.15) is 0 Å². The van der Waals surface area contributed by atoms with Crippen LogP contribution in [0.1, 0.15) is 43.1 Å². The summed E-state index contributed by atoms with van der Waals surface area (Å²) in [5, 5.41) is 9.29. The molecule has 3 rings (SSSR count). The number of nitrogens with zero attached hydrogens (tertiary/aromatic N) is 3. The average molecular weight is 365 g/mol. The van der Waals surface area contributed by atoms with Crippen LogP contribution in [0, 0.1) is 18.8 Å². The molecular formula is C22H27N3O2. The van der Waals surface area contributed by atoms with Crippen LogP contribution >= 0.6 is 0 Å². The Morgan fingerprint density at radius 3 is 2.59 bits per heavy atom. The molecule has 2 aromatic heterocycles. The minimum absolute atomic E-state index is 0.00560. The smallest absolute Gasteiger partial charge is 0.163 e. The molecule has 0 aliphatic carbocycles. The van der Waals surface area contributed by atoms with E-state index in [-0.39, 0.29) is 18.3 Å². The summed E-state index contributed by atoms with van der Waals surface area (Å²) in [6, 6.07) is 7.80. The molecule has 0 saturated carbocycles. The third-order valence-corrected chi connectivity index (χ3v) is 4.64. The summed E-state index contributed by atoms with van der Waals surface area (Å²) < 4.78 is 2.10. The van der Waals surface area contributed by atoms with Crippen molar-refractivity contribution in [3.8, 4) is 11.3 Å². The fraction of sp³-hybridized carbons (Fsp3) is 0.409. The predicted molar refractivity (Wildman–Crippen MR) is 108 cm³/mol. The van der Waals surface area contributed by atoms with Crippen LogP contribution in [0.5, 0.6) is 0 Å². The SMILES string of the molecule is Cc1ccc(-c2cc(C(=O)C[C@@H](C)CO)cc3c2ncn3CC(C)C)nc1. The highest BCUT2D eigenvalue weighted by atomic mass is 16.3. The van der Waals surface area contributed by atoms with E-state index in [9.17, 15) is 9.90 Å². The fourth-order valence-corrected chi connectivity index (χ4v) is 3.18. The molecule has 1 N–H and O–H groups in total. The lowest BCUT2D eigenvalue weighted by Crippen LogP contribution is -2.10. The van der Waals surface area contributed by atoms with Crippen molar-refractivity contribution in [1.29, 1.82) is 0 Å². The van der Waals surface area contributed by atoms with Gasteiger partial charge in [-0.25, -0.2) is 4.98 Å². The number of hydrogen-bond donors (Lipinski definition) is 1. The predicted octanol–water partition coefficient (Wildman–Crippen LogP) is 4.26. The van der Waals surface area contributed by atoms with E-state index >= 15 is 0 Å². The molecule has 0 amide bonds. The van der Waals surface area contributed by atoms with Crippen LogP contribution in [0.25, 0.3) is 22.3 Å². The Hall–Kier alpha value is -2.53. The Kier molecular flexibility index (Phi) is 5.71. The van der Waals surface area contributed by atoms with E-state index in [1.165, 1.54) is 0 Å². The highest BCUT2D eigenvalue weighted by Gasteiger charge is 2.18. The van der Waals surface area contributed by atoms with Gasteiger partial charge in [0, 0.05) is 36.9 Å². The summed E-state index contributed by atoms with van der Waals surface area (Å²) >= 11 is 0. The van der Waals surface area contributed by atoms with E-state index in [1.54, 1.807) is 0 Å². The van der Waals surface area contributed by atoms with Gasteiger partial charge in [-0.3, -0.25) is 9.78 Å². The maximum atomic E-state index is 12.8. The molecule has 5 heteroatoms. The molecule has 0 aliphatic rings. The Bertz CT molecular complexity index is 942. The number of ketones is 1. The molecule has 27 heavy (non-hydrogen) atoms. The molecule has 0 radical (unpaired) electrons. The van der Waals surface area contributed by atoms with Gasteiger partial charge >= 0.3 is 0 Å². The van der Waals surface area contributed by atoms with E-state index < -0.39 is 0 Å². The van der Waals surface area contributed by atoms with Crippen molar-refractivity contribution in [1.82, 2.24) is 14.5 Å². The molecule has 1 atom stereocenters. The number of aliphatic hydroxyl groups is 1. The molecule has 5 nitrogen and oxygen atoms in total. The van der Waals surface area contributed by atoms with E-state index in [4.69, 9.17) is 0 Å². The topological polar surface area (TPSA) is 68.0 Å². The van der Waals surface area contributed by atoms with E-state index in [2.05, 4.69) is 28.4 Å². The number of fused-ring (bicyclic) bond motifs is 1. The maximum Gasteiger partial charge on any atom is 0.163 e. The van der Waals surface area contributed by atoms with Crippen LogP contribution < -0.4 is 0 Å². The number of imidazole rings is 1. The van der Waals surface area contributed by atoms with Gasteiger partial charge in [0.2, 0.25) is 0 Å². The summed E-state index contributed by atoms with van der Waals surface area (Å²) in [6.07, 6.45) is 3.99. The van der Waals surface area contributed by atoms with Gasteiger partial charge in [0.25, 0.3) is 0 Å². The lowest BCUT2D eigenvalue weighted by atomic mass is 9.97. The number of hydrogen-bond acceptors (Lipinski definition) is 4.